The maximum absolute atomic E-state index is 11.4. The minimum atomic E-state index is -2.62. The van der Waals surface area contributed by atoms with E-state index in [2.05, 4.69) is 6.92 Å². The van der Waals surface area contributed by atoms with Crippen LogP contribution in [0.1, 0.15) is 71.1 Å². The van der Waals surface area contributed by atoms with Crippen LogP contribution in [0.25, 0.3) is 0 Å². The van der Waals surface area contributed by atoms with Gasteiger partial charge in [-0.15, -0.1) is 0 Å². The number of Topliss-reactive ketones (excluding diaryl/α,β-unsaturated/α-hetero) is 1. The van der Waals surface area contributed by atoms with Gasteiger partial charge in [-0.25, -0.2) is 0 Å². The highest BCUT2D eigenvalue weighted by atomic mass is 16.7. The molecule has 0 atom stereocenters. The molecule has 4 heteroatoms. The SMILES string of the molecule is CCCCCCCCC(=O)CCCC(O)(O)O. The van der Waals surface area contributed by atoms with Crippen molar-refractivity contribution >= 4 is 5.78 Å². The third kappa shape index (κ3) is 13.5. The first-order valence-corrected chi connectivity index (χ1v) is 6.64. The molecule has 102 valence electrons. The summed E-state index contributed by atoms with van der Waals surface area (Å²) in [5, 5.41) is 25.9. The van der Waals surface area contributed by atoms with Gasteiger partial charge in [-0.3, -0.25) is 4.79 Å². The van der Waals surface area contributed by atoms with Gasteiger partial charge in [0.25, 0.3) is 5.97 Å². The van der Waals surface area contributed by atoms with Crippen LogP contribution < -0.4 is 0 Å². The Kier molecular flexibility index (Phi) is 9.31. The van der Waals surface area contributed by atoms with Crippen molar-refractivity contribution in [3.05, 3.63) is 0 Å². The smallest absolute Gasteiger partial charge is 0.275 e. The van der Waals surface area contributed by atoms with Gasteiger partial charge in [0.2, 0.25) is 0 Å². The zero-order chi connectivity index (χ0) is 13.1. The lowest BCUT2D eigenvalue weighted by Gasteiger charge is -2.12. The molecular weight excluding hydrogens is 220 g/mol. The molecule has 0 aromatic carbocycles. The molecule has 0 aliphatic rings. The molecule has 0 heterocycles. The third-order valence-corrected chi connectivity index (χ3v) is 2.78. The molecule has 3 N–H and O–H groups in total. The molecular formula is C13H26O4. The van der Waals surface area contributed by atoms with Crippen LogP contribution in [0.3, 0.4) is 0 Å². The standard InChI is InChI=1S/C13H26O4/c1-2-3-4-5-6-7-9-12(14)10-8-11-13(15,16)17/h15-17H,2-11H2,1H3. The second kappa shape index (κ2) is 9.57. The van der Waals surface area contributed by atoms with E-state index in [1.54, 1.807) is 0 Å². The van der Waals surface area contributed by atoms with E-state index in [1.807, 2.05) is 0 Å². The van der Waals surface area contributed by atoms with E-state index in [4.69, 9.17) is 15.3 Å². The van der Waals surface area contributed by atoms with Gasteiger partial charge in [-0.1, -0.05) is 39.0 Å². The molecule has 0 aromatic rings. The number of hydrogen-bond donors (Lipinski definition) is 3. The van der Waals surface area contributed by atoms with E-state index < -0.39 is 5.97 Å². The summed E-state index contributed by atoms with van der Waals surface area (Å²) in [6.45, 7) is 2.17. The van der Waals surface area contributed by atoms with Gasteiger partial charge >= 0.3 is 0 Å². The Morgan fingerprint density at radius 2 is 1.41 bits per heavy atom. The normalized spacial score (nSPS) is 11.8. The molecule has 0 radical (unpaired) electrons. The monoisotopic (exact) mass is 246 g/mol. The van der Waals surface area contributed by atoms with Crippen LogP contribution >= 0.6 is 0 Å². The number of carbonyl (C=O) groups excluding carboxylic acids is 1. The maximum Gasteiger partial charge on any atom is 0.275 e. The van der Waals surface area contributed by atoms with E-state index in [9.17, 15) is 4.79 Å². The predicted molar refractivity (Wildman–Crippen MR) is 66.2 cm³/mol. The van der Waals surface area contributed by atoms with Crippen LogP contribution in [0.4, 0.5) is 0 Å². The van der Waals surface area contributed by atoms with Crippen molar-refractivity contribution in [1.29, 1.82) is 0 Å². The Hall–Kier alpha value is -0.450. The van der Waals surface area contributed by atoms with E-state index >= 15 is 0 Å². The van der Waals surface area contributed by atoms with Gasteiger partial charge in [0.1, 0.15) is 5.78 Å². The molecule has 4 nitrogen and oxygen atoms in total. The van der Waals surface area contributed by atoms with Crippen molar-refractivity contribution in [3.8, 4) is 0 Å². The summed E-state index contributed by atoms with van der Waals surface area (Å²) in [4.78, 5) is 11.4. The summed E-state index contributed by atoms with van der Waals surface area (Å²) in [5.41, 5.74) is 0. The Morgan fingerprint density at radius 1 is 0.882 bits per heavy atom. The fourth-order valence-corrected chi connectivity index (χ4v) is 1.75. The van der Waals surface area contributed by atoms with Crippen molar-refractivity contribution in [2.24, 2.45) is 0 Å². The molecule has 17 heavy (non-hydrogen) atoms. The lowest BCUT2D eigenvalue weighted by molar-refractivity contribution is -0.314. The molecule has 0 aliphatic carbocycles. The van der Waals surface area contributed by atoms with E-state index in [1.165, 1.54) is 25.7 Å². The van der Waals surface area contributed by atoms with Crippen LogP contribution in [0.2, 0.25) is 0 Å². The average molecular weight is 246 g/mol. The lowest BCUT2D eigenvalue weighted by atomic mass is 10.0. The molecule has 0 aromatic heterocycles. The van der Waals surface area contributed by atoms with Crippen LogP contribution in [0.5, 0.6) is 0 Å². The maximum atomic E-state index is 11.4. The molecule has 0 saturated heterocycles. The molecule has 0 unspecified atom stereocenters. The second-order valence-electron chi connectivity index (χ2n) is 4.68. The highest BCUT2D eigenvalue weighted by molar-refractivity contribution is 5.78. The summed E-state index contributed by atoms with van der Waals surface area (Å²) < 4.78 is 0. The quantitative estimate of drug-likeness (QED) is 0.385. The van der Waals surface area contributed by atoms with Crippen LogP contribution in [-0.2, 0) is 4.79 Å². The largest absolute Gasteiger partial charge is 0.344 e. The molecule has 0 saturated carbocycles. The number of aliphatic hydroxyl groups is 3. The average Bonchev–Trinajstić information content (AvgIpc) is 2.21. The van der Waals surface area contributed by atoms with Crippen LogP contribution in [0, 0.1) is 0 Å². The Morgan fingerprint density at radius 3 is 2.00 bits per heavy atom. The summed E-state index contributed by atoms with van der Waals surface area (Å²) in [7, 11) is 0. The van der Waals surface area contributed by atoms with Crippen molar-refractivity contribution < 1.29 is 20.1 Å². The fourth-order valence-electron chi connectivity index (χ4n) is 1.75. The van der Waals surface area contributed by atoms with E-state index in [0.717, 1.165) is 12.8 Å². The fraction of sp³-hybridized carbons (Fsp3) is 0.923. The first-order chi connectivity index (χ1) is 7.95. The molecule has 0 aliphatic heterocycles. The highest BCUT2D eigenvalue weighted by Gasteiger charge is 2.17. The zero-order valence-corrected chi connectivity index (χ0v) is 10.8. The Bertz CT molecular complexity index is 196. The first kappa shape index (κ1) is 16.6. The van der Waals surface area contributed by atoms with Crippen molar-refractivity contribution in [2.75, 3.05) is 0 Å². The van der Waals surface area contributed by atoms with E-state index in [-0.39, 0.29) is 12.2 Å². The first-order valence-electron chi connectivity index (χ1n) is 6.64. The van der Waals surface area contributed by atoms with Gasteiger partial charge < -0.3 is 15.3 Å². The molecule has 0 amide bonds. The lowest BCUT2D eigenvalue weighted by Crippen LogP contribution is -2.26. The third-order valence-electron chi connectivity index (χ3n) is 2.78. The summed E-state index contributed by atoms with van der Waals surface area (Å²) in [6, 6.07) is 0. The van der Waals surface area contributed by atoms with Gasteiger partial charge in [0.15, 0.2) is 0 Å². The molecule has 0 bridgehead atoms. The second-order valence-corrected chi connectivity index (χ2v) is 4.68. The highest BCUT2D eigenvalue weighted by Crippen LogP contribution is 2.11. The minimum Gasteiger partial charge on any atom is -0.344 e. The minimum absolute atomic E-state index is 0.143. The molecule has 0 spiro atoms. The van der Waals surface area contributed by atoms with Gasteiger partial charge in [0, 0.05) is 19.3 Å². The number of unbranched alkanes of at least 4 members (excludes halogenated alkanes) is 5. The molecule has 0 rings (SSSR count). The van der Waals surface area contributed by atoms with Crippen molar-refractivity contribution in [1.82, 2.24) is 0 Å². The van der Waals surface area contributed by atoms with Crippen LogP contribution in [0.15, 0.2) is 0 Å². The number of rotatable bonds is 11. The zero-order valence-electron chi connectivity index (χ0n) is 10.8. The predicted octanol–water partition coefficient (Wildman–Crippen LogP) is 2.11. The Balaban J connectivity index is 3.29. The van der Waals surface area contributed by atoms with Crippen molar-refractivity contribution in [3.63, 3.8) is 0 Å². The number of hydrogen-bond acceptors (Lipinski definition) is 4. The summed E-state index contributed by atoms with van der Waals surface area (Å²) >= 11 is 0. The Labute approximate surface area is 104 Å². The van der Waals surface area contributed by atoms with Gasteiger partial charge in [0.05, 0.1) is 0 Å². The van der Waals surface area contributed by atoms with Gasteiger partial charge in [-0.2, -0.15) is 0 Å². The van der Waals surface area contributed by atoms with Gasteiger partial charge in [-0.05, 0) is 12.8 Å². The van der Waals surface area contributed by atoms with E-state index in [0.29, 0.717) is 19.3 Å². The number of carbonyl (C=O) groups is 1. The summed E-state index contributed by atoms with van der Waals surface area (Å²) in [5.74, 6) is -2.48. The summed E-state index contributed by atoms with van der Waals surface area (Å²) in [6.07, 6.45) is 7.97. The topological polar surface area (TPSA) is 77.8 Å². The van der Waals surface area contributed by atoms with Crippen LogP contribution in [-0.4, -0.2) is 27.1 Å². The number of ketones is 1. The van der Waals surface area contributed by atoms with Crippen molar-refractivity contribution in [2.45, 2.75) is 77.1 Å². The molecule has 0 fully saturated rings.